The van der Waals surface area contributed by atoms with Crippen LogP contribution in [0, 0.1) is 17.6 Å². The number of benzene rings is 1. The second-order valence-corrected chi connectivity index (χ2v) is 2.99. The maximum atomic E-state index is 13.2. The van der Waals surface area contributed by atoms with E-state index in [9.17, 15) is 13.2 Å². The molecule has 0 aliphatic rings. The number of hydrogen-bond donors (Lipinski definition) is 0. The maximum absolute atomic E-state index is 13.2. The van der Waals surface area contributed by atoms with Gasteiger partial charge in [0, 0.05) is 11.6 Å². The number of hydrogen-bond acceptors (Lipinski definition) is 1. The summed E-state index contributed by atoms with van der Waals surface area (Å²) >= 11 is 0. The van der Waals surface area contributed by atoms with E-state index in [-0.39, 0.29) is 5.56 Å². The van der Waals surface area contributed by atoms with E-state index in [1.165, 1.54) is 24.3 Å². The SMILES string of the molecule is Fc1ccc(-c2cc(F)ncc2F)cc1. The van der Waals surface area contributed by atoms with Crippen LogP contribution in [0.2, 0.25) is 0 Å². The molecule has 0 saturated heterocycles. The highest BCUT2D eigenvalue weighted by Crippen LogP contribution is 2.22. The van der Waals surface area contributed by atoms with Crippen molar-refractivity contribution >= 4 is 0 Å². The number of aromatic nitrogens is 1. The Morgan fingerprint density at radius 1 is 0.933 bits per heavy atom. The Balaban J connectivity index is 2.53. The lowest BCUT2D eigenvalue weighted by Crippen LogP contribution is -1.90. The predicted molar refractivity (Wildman–Crippen MR) is 49.5 cm³/mol. The smallest absolute Gasteiger partial charge is 0.213 e. The minimum absolute atomic E-state index is 0.0718. The molecule has 1 heterocycles. The quantitative estimate of drug-likeness (QED) is 0.657. The zero-order chi connectivity index (χ0) is 10.8. The molecule has 0 amide bonds. The standard InChI is InChI=1S/C11H6F3N/c12-8-3-1-7(2-4-8)9-5-11(14)15-6-10(9)13/h1-6H. The highest BCUT2D eigenvalue weighted by atomic mass is 19.1. The van der Waals surface area contributed by atoms with Gasteiger partial charge < -0.3 is 0 Å². The van der Waals surface area contributed by atoms with Gasteiger partial charge in [-0.2, -0.15) is 4.39 Å². The molecule has 0 aliphatic heterocycles. The van der Waals surface area contributed by atoms with E-state index in [2.05, 4.69) is 4.98 Å². The summed E-state index contributed by atoms with van der Waals surface area (Å²) in [5.74, 6) is -1.83. The van der Waals surface area contributed by atoms with Crippen LogP contribution in [-0.2, 0) is 0 Å². The van der Waals surface area contributed by atoms with E-state index in [0.29, 0.717) is 5.56 Å². The van der Waals surface area contributed by atoms with Crippen molar-refractivity contribution in [1.29, 1.82) is 0 Å². The summed E-state index contributed by atoms with van der Waals surface area (Å²) < 4.78 is 38.6. The average Bonchev–Trinajstić information content (AvgIpc) is 2.23. The number of rotatable bonds is 1. The van der Waals surface area contributed by atoms with Crippen molar-refractivity contribution in [2.45, 2.75) is 0 Å². The Kier molecular flexibility index (Phi) is 2.41. The molecule has 0 atom stereocenters. The van der Waals surface area contributed by atoms with E-state index in [1.807, 2.05) is 0 Å². The molecule has 76 valence electrons. The van der Waals surface area contributed by atoms with Crippen molar-refractivity contribution in [1.82, 2.24) is 4.98 Å². The summed E-state index contributed by atoms with van der Waals surface area (Å²) in [7, 11) is 0. The zero-order valence-electron chi connectivity index (χ0n) is 7.55. The molecule has 0 N–H and O–H groups in total. The third kappa shape index (κ3) is 1.98. The van der Waals surface area contributed by atoms with Crippen LogP contribution < -0.4 is 0 Å². The van der Waals surface area contributed by atoms with Gasteiger partial charge in [-0.25, -0.2) is 13.8 Å². The Morgan fingerprint density at radius 2 is 1.60 bits per heavy atom. The molecule has 0 bridgehead atoms. The third-order valence-electron chi connectivity index (χ3n) is 1.98. The van der Waals surface area contributed by atoms with Crippen molar-refractivity contribution in [3.63, 3.8) is 0 Å². The second-order valence-electron chi connectivity index (χ2n) is 2.99. The molecule has 2 rings (SSSR count). The van der Waals surface area contributed by atoms with Crippen LogP contribution in [0.3, 0.4) is 0 Å². The van der Waals surface area contributed by atoms with Crippen LogP contribution in [0.15, 0.2) is 36.5 Å². The molecule has 0 radical (unpaired) electrons. The minimum Gasteiger partial charge on any atom is -0.225 e. The lowest BCUT2D eigenvalue weighted by Gasteiger charge is -2.02. The maximum Gasteiger partial charge on any atom is 0.213 e. The van der Waals surface area contributed by atoms with E-state index < -0.39 is 17.6 Å². The van der Waals surface area contributed by atoms with Crippen LogP contribution in [0.25, 0.3) is 11.1 Å². The first kappa shape index (κ1) is 9.71. The van der Waals surface area contributed by atoms with Crippen molar-refractivity contribution < 1.29 is 13.2 Å². The first-order chi connectivity index (χ1) is 7.16. The average molecular weight is 209 g/mol. The molecule has 1 aromatic carbocycles. The predicted octanol–water partition coefficient (Wildman–Crippen LogP) is 3.17. The van der Waals surface area contributed by atoms with E-state index in [4.69, 9.17) is 0 Å². The largest absolute Gasteiger partial charge is 0.225 e. The molecular formula is C11H6F3N. The molecule has 0 saturated carbocycles. The number of halogens is 3. The van der Waals surface area contributed by atoms with Gasteiger partial charge in [0.2, 0.25) is 5.95 Å². The van der Waals surface area contributed by atoms with Crippen LogP contribution >= 0.6 is 0 Å². The summed E-state index contributed by atoms with van der Waals surface area (Å²) in [4.78, 5) is 3.17. The molecule has 0 fully saturated rings. The summed E-state index contributed by atoms with van der Waals surface area (Å²) in [5.41, 5.74) is 0.484. The first-order valence-corrected chi connectivity index (χ1v) is 4.24. The van der Waals surface area contributed by atoms with Crippen LogP contribution in [0.5, 0.6) is 0 Å². The molecule has 0 spiro atoms. The monoisotopic (exact) mass is 209 g/mol. The number of pyridine rings is 1. The van der Waals surface area contributed by atoms with Gasteiger partial charge in [0.15, 0.2) is 0 Å². The summed E-state index contributed by atoms with van der Waals surface area (Å²) in [6.45, 7) is 0. The van der Waals surface area contributed by atoms with Crippen LogP contribution in [-0.4, -0.2) is 4.98 Å². The fraction of sp³-hybridized carbons (Fsp3) is 0. The highest BCUT2D eigenvalue weighted by Gasteiger charge is 2.07. The highest BCUT2D eigenvalue weighted by molar-refractivity contribution is 5.63. The van der Waals surface area contributed by atoms with Crippen LogP contribution in [0.1, 0.15) is 0 Å². The number of nitrogens with zero attached hydrogens (tertiary/aromatic N) is 1. The molecule has 2 aromatic rings. The molecule has 4 heteroatoms. The third-order valence-corrected chi connectivity index (χ3v) is 1.98. The molecule has 0 unspecified atom stereocenters. The van der Waals surface area contributed by atoms with Gasteiger partial charge in [0.1, 0.15) is 11.6 Å². The Labute approximate surface area is 84.2 Å². The van der Waals surface area contributed by atoms with Crippen molar-refractivity contribution in [2.24, 2.45) is 0 Å². The van der Waals surface area contributed by atoms with Gasteiger partial charge in [-0.1, -0.05) is 12.1 Å². The van der Waals surface area contributed by atoms with Crippen molar-refractivity contribution in [3.8, 4) is 11.1 Å². The minimum atomic E-state index is -0.768. The van der Waals surface area contributed by atoms with Crippen molar-refractivity contribution in [3.05, 3.63) is 54.1 Å². The Bertz CT molecular complexity index is 480. The van der Waals surface area contributed by atoms with Crippen molar-refractivity contribution in [2.75, 3.05) is 0 Å². The lowest BCUT2D eigenvalue weighted by molar-refractivity contribution is 0.562. The molecule has 0 aliphatic carbocycles. The van der Waals surface area contributed by atoms with E-state index in [1.54, 1.807) is 0 Å². The van der Waals surface area contributed by atoms with Gasteiger partial charge >= 0.3 is 0 Å². The fourth-order valence-electron chi connectivity index (χ4n) is 1.26. The first-order valence-electron chi connectivity index (χ1n) is 4.24. The van der Waals surface area contributed by atoms with Gasteiger partial charge in [0.25, 0.3) is 0 Å². The van der Waals surface area contributed by atoms with Gasteiger partial charge in [-0.15, -0.1) is 0 Å². The van der Waals surface area contributed by atoms with E-state index >= 15 is 0 Å². The van der Waals surface area contributed by atoms with Gasteiger partial charge in [-0.05, 0) is 17.7 Å². The summed E-state index contributed by atoms with van der Waals surface area (Å²) in [5, 5.41) is 0. The lowest BCUT2D eigenvalue weighted by atomic mass is 10.1. The Morgan fingerprint density at radius 3 is 2.27 bits per heavy atom. The zero-order valence-corrected chi connectivity index (χ0v) is 7.55. The molecule has 15 heavy (non-hydrogen) atoms. The molecule has 1 aromatic heterocycles. The van der Waals surface area contributed by atoms with E-state index in [0.717, 1.165) is 12.3 Å². The molecular weight excluding hydrogens is 203 g/mol. The summed E-state index contributed by atoms with van der Waals surface area (Å²) in [6.07, 6.45) is 0.800. The topological polar surface area (TPSA) is 12.9 Å². The summed E-state index contributed by atoms with van der Waals surface area (Å²) in [6, 6.07) is 6.11. The van der Waals surface area contributed by atoms with Gasteiger partial charge in [-0.3, -0.25) is 0 Å². The van der Waals surface area contributed by atoms with Gasteiger partial charge in [0.05, 0.1) is 6.20 Å². The normalized spacial score (nSPS) is 10.3. The Hall–Kier alpha value is -1.84. The molecule has 1 nitrogen and oxygen atoms in total. The van der Waals surface area contributed by atoms with Crippen LogP contribution in [0.4, 0.5) is 13.2 Å². The second kappa shape index (κ2) is 3.73. The fourth-order valence-corrected chi connectivity index (χ4v) is 1.26.